The van der Waals surface area contributed by atoms with Crippen LogP contribution in [0.4, 0.5) is 5.69 Å². The highest BCUT2D eigenvalue weighted by Gasteiger charge is 2.14. The SMILES string of the molecule is Cc1nc(Cl)sc1C(=O)Nc1ccc(I)cc1. The summed E-state index contributed by atoms with van der Waals surface area (Å²) in [5.74, 6) is -0.173. The molecule has 0 bridgehead atoms. The largest absolute Gasteiger partial charge is 0.321 e. The van der Waals surface area contributed by atoms with Crippen molar-refractivity contribution >= 4 is 57.1 Å². The quantitative estimate of drug-likeness (QED) is 0.804. The molecule has 0 aliphatic carbocycles. The van der Waals surface area contributed by atoms with E-state index in [9.17, 15) is 4.79 Å². The Morgan fingerprint density at radius 3 is 2.59 bits per heavy atom. The zero-order chi connectivity index (χ0) is 12.4. The topological polar surface area (TPSA) is 42.0 Å². The molecule has 0 atom stereocenters. The number of rotatable bonds is 2. The zero-order valence-corrected chi connectivity index (χ0v) is 12.6. The van der Waals surface area contributed by atoms with Gasteiger partial charge in [0.05, 0.1) is 5.69 Å². The summed E-state index contributed by atoms with van der Waals surface area (Å²) in [5, 5.41) is 2.81. The maximum Gasteiger partial charge on any atom is 0.267 e. The number of anilines is 1. The fourth-order valence-corrected chi connectivity index (χ4v) is 2.70. The Labute approximate surface area is 121 Å². The van der Waals surface area contributed by atoms with Gasteiger partial charge in [-0.25, -0.2) is 4.98 Å². The van der Waals surface area contributed by atoms with Gasteiger partial charge in [0.15, 0.2) is 4.47 Å². The first kappa shape index (κ1) is 12.8. The average Bonchev–Trinajstić information content (AvgIpc) is 2.61. The lowest BCUT2D eigenvalue weighted by molar-refractivity contribution is 0.103. The third-order valence-electron chi connectivity index (χ3n) is 2.08. The molecule has 0 radical (unpaired) electrons. The third-order valence-corrected chi connectivity index (χ3v) is 4.06. The summed E-state index contributed by atoms with van der Waals surface area (Å²) in [6.45, 7) is 1.77. The van der Waals surface area contributed by atoms with E-state index < -0.39 is 0 Å². The molecule has 17 heavy (non-hydrogen) atoms. The molecule has 0 aliphatic rings. The van der Waals surface area contributed by atoms with Crippen molar-refractivity contribution in [1.29, 1.82) is 0 Å². The maximum atomic E-state index is 11.9. The Kier molecular flexibility index (Phi) is 4.01. The lowest BCUT2D eigenvalue weighted by atomic mass is 10.3. The van der Waals surface area contributed by atoms with Crippen LogP contribution in [0.5, 0.6) is 0 Å². The number of nitrogens with one attached hydrogen (secondary N) is 1. The molecule has 1 aromatic heterocycles. The van der Waals surface area contributed by atoms with Crippen LogP contribution in [-0.4, -0.2) is 10.9 Å². The molecule has 3 nitrogen and oxygen atoms in total. The Bertz CT molecular complexity index is 553. The van der Waals surface area contributed by atoms with Crippen molar-refractivity contribution in [3.05, 3.63) is 42.9 Å². The number of benzene rings is 1. The Morgan fingerprint density at radius 1 is 1.41 bits per heavy atom. The maximum absolute atomic E-state index is 11.9. The van der Waals surface area contributed by atoms with Crippen LogP contribution in [0.15, 0.2) is 24.3 Å². The predicted octanol–water partition coefficient (Wildman–Crippen LogP) is 3.96. The van der Waals surface area contributed by atoms with E-state index in [1.807, 2.05) is 24.3 Å². The molecule has 0 saturated carbocycles. The van der Waals surface area contributed by atoms with Crippen molar-refractivity contribution < 1.29 is 4.79 Å². The highest BCUT2D eigenvalue weighted by molar-refractivity contribution is 14.1. The molecule has 0 spiro atoms. The molecule has 6 heteroatoms. The smallest absolute Gasteiger partial charge is 0.267 e. The van der Waals surface area contributed by atoms with E-state index in [2.05, 4.69) is 32.9 Å². The average molecular weight is 379 g/mol. The minimum atomic E-state index is -0.173. The monoisotopic (exact) mass is 378 g/mol. The van der Waals surface area contributed by atoms with Gasteiger partial charge >= 0.3 is 0 Å². The molecule has 1 amide bonds. The molecule has 2 rings (SSSR count). The second kappa shape index (κ2) is 5.32. The van der Waals surface area contributed by atoms with Gasteiger partial charge in [-0.3, -0.25) is 4.79 Å². The molecule has 0 saturated heterocycles. The van der Waals surface area contributed by atoms with Gasteiger partial charge in [-0.1, -0.05) is 22.9 Å². The van der Waals surface area contributed by atoms with Gasteiger partial charge in [0.1, 0.15) is 4.88 Å². The Hall–Kier alpha value is -0.660. The van der Waals surface area contributed by atoms with Gasteiger partial charge < -0.3 is 5.32 Å². The van der Waals surface area contributed by atoms with E-state index in [0.717, 1.165) is 9.26 Å². The summed E-state index contributed by atoms with van der Waals surface area (Å²) in [6.07, 6.45) is 0. The second-order valence-electron chi connectivity index (χ2n) is 3.34. The van der Waals surface area contributed by atoms with Crippen LogP contribution in [0.25, 0.3) is 0 Å². The number of aromatic nitrogens is 1. The van der Waals surface area contributed by atoms with Crippen molar-refractivity contribution in [2.24, 2.45) is 0 Å². The lowest BCUT2D eigenvalue weighted by Gasteiger charge is -2.03. The number of carbonyl (C=O) groups excluding carboxylic acids is 1. The number of amides is 1. The van der Waals surface area contributed by atoms with Crippen LogP contribution >= 0.6 is 45.5 Å². The highest BCUT2D eigenvalue weighted by atomic mass is 127. The standard InChI is InChI=1S/C11H8ClIN2OS/c1-6-9(17-11(12)14-6)10(16)15-8-4-2-7(13)3-5-8/h2-5H,1H3,(H,15,16). The molecule has 0 unspecified atom stereocenters. The second-order valence-corrected chi connectivity index (χ2v) is 6.17. The van der Waals surface area contributed by atoms with E-state index in [1.165, 1.54) is 11.3 Å². The Morgan fingerprint density at radius 2 is 2.06 bits per heavy atom. The van der Waals surface area contributed by atoms with Crippen LogP contribution < -0.4 is 5.32 Å². The summed E-state index contributed by atoms with van der Waals surface area (Å²) in [5.41, 5.74) is 1.42. The molecular formula is C11H8ClIN2OS. The first-order valence-corrected chi connectivity index (χ1v) is 7.03. The molecular weight excluding hydrogens is 371 g/mol. The fraction of sp³-hybridized carbons (Fsp3) is 0.0909. The Balaban J connectivity index is 2.17. The lowest BCUT2D eigenvalue weighted by Crippen LogP contribution is -2.11. The molecule has 2 aromatic rings. The molecule has 1 N–H and O–H groups in total. The molecule has 1 heterocycles. The fourth-order valence-electron chi connectivity index (χ4n) is 1.30. The zero-order valence-electron chi connectivity index (χ0n) is 8.83. The van der Waals surface area contributed by atoms with E-state index in [1.54, 1.807) is 6.92 Å². The minimum Gasteiger partial charge on any atom is -0.321 e. The van der Waals surface area contributed by atoms with Crippen molar-refractivity contribution in [3.63, 3.8) is 0 Å². The molecule has 0 aliphatic heterocycles. The first-order chi connectivity index (χ1) is 8.06. The summed E-state index contributed by atoms with van der Waals surface area (Å²) in [6, 6.07) is 7.58. The van der Waals surface area contributed by atoms with Gasteiger partial charge in [0.25, 0.3) is 5.91 Å². The van der Waals surface area contributed by atoms with Crippen LogP contribution in [0.2, 0.25) is 4.47 Å². The molecule has 1 aromatic carbocycles. The van der Waals surface area contributed by atoms with Gasteiger partial charge in [-0.2, -0.15) is 0 Å². The van der Waals surface area contributed by atoms with E-state index in [-0.39, 0.29) is 5.91 Å². The third kappa shape index (κ3) is 3.17. The van der Waals surface area contributed by atoms with Gasteiger partial charge in [0, 0.05) is 9.26 Å². The molecule has 88 valence electrons. The van der Waals surface area contributed by atoms with Gasteiger partial charge in [0.2, 0.25) is 0 Å². The van der Waals surface area contributed by atoms with E-state index >= 15 is 0 Å². The highest BCUT2D eigenvalue weighted by Crippen LogP contribution is 2.23. The van der Waals surface area contributed by atoms with Crippen LogP contribution in [0, 0.1) is 10.5 Å². The summed E-state index contributed by atoms with van der Waals surface area (Å²) in [4.78, 5) is 16.5. The number of halogens is 2. The van der Waals surface area contributed by atoms with Crippen molar-refractivity contribution in [2.75, 3.05) is 5.32 Å². The van der Waals surface area contributed by atoms with Gasteiger partial charge in [-0.05, 0) is 53.8 Å². The summed E-state index contributed by atoms with van der Waals surface area (Å²) >= 11 is 9.16. The number of nitrogens with zero attached hydrogens (tertiary/aromatic N) is 1. The summed E-state index contributed by atoms with van der Waals surface area (Å²) < 4.78 is 1.51. The minimum absolute atomic E-state index is 0.173. The van der Waals surface area contributed by atoms with Crippen LogP contribution in [0.1, 0.15) is 15.4 Å². The summed E-state index contributed by atoms with van der Waals surface area (Å²) in [7, 11) is 0. The number of thiazole rings is 1. The van der Waals surface area contributed by atoms with Crippen LogP contribution in [0.3, 0.4) is 0 Å². The van der Waals surface area contributed by atoms with Crippen LogP contribution in [-0.2, 0) is 0 Å². The van der Waals surface area contributed by atoms with Crippen molar-refractivity contribution in [1.82, 2.24) is 4.98 Å². The number of hydrogen-bond donors (Lipinski definition) is 1. The predicted molar refractivity (Wildman–Crippen MR) is 79.0 cm³/mol. The first-order valence-electron chi connectivity index (χ1n) is 4.76. The van der Waals surface area contributed by atoms with Crippen molar-refractivity contribution in [2.45, 2.75) is 6.92 Å². The van der Waals surface area contributed by atoms with Crippen molar-refractivity contribution in [3.8, 4) is 0 Å². The molecule has 0 fully saturated rings. The van der Waals surface area contributed by atoms with Gasteiger partial charge in [-0.15, -0.1) is 0 Å². The number of carbonyl (C=O) groups is 1. The van der Waals surface area contributed by atoms with E-state index in [0.29, 0.717) is 15.0 Å². The normalized spacial score (nSPS) is 10.3. The number of hydrogen-bond acceptors (Lipinski definition) is 3. The van der Waals surface area contributed by atoms with E-state index in [4.69, 9.17) is 11.6 Å². The number of aryl methyl sites for hydroxylation is 1.